The van der Waals surface area contributed by atoms with Crippen molar-refractivity contribution in [3.63, 3.8) is 0 Å². The summed E-state index contributed by atoms with van der Waals surface area (Å²) in [6.07, 6.45) is 0. The minimum absolute atomic E-state index is 0.242. The zero-order chi connectivity index (χ0) is 14.3. The molecule has 2 nitrogen and oxygen atoms in total. The molecule has 0 radical (unpaired) electrons. The quantitative estimate of drug-likeness (QED) is 0.446. The van der Waals surface area contributed by atoms with E-state index >= 15 is 0 Å². The summed E-state index contributed by atoms with van der Waals surface area (Å²) >= 11 is 7.98. The van der Waals surface area contributed by atoms with Crippen LogP contribution in [0.5, 0.6) is 0 Å². The van der Waals surface area contributed by atoms with Gasteiger partial charge in [-0.25, -0.2) is 9.37 Å². The van der Waals surface area contributed by atoms with E-state index in [9.17, 15) is 4.39 Å². The molecule has 1 aromatic heterocycles. The number of hydrogen-bond acceptors (Lipinski definition) is 1. The summed E-state index contributed by atoms with van der Waals surface area (Å²) in [5, 5.41) is 0. The second-order valence-corrected chi connectivity index (χ2v) is 5.97. The van der Waals surface area contributed by atoms with Gasteiger partial charge in [-0.15, -0.1) is 11.6 Å². The highest BCUT2D eigenvalue weighted by Gasteiger charge is 2.15. The molecule has 0 N–H and O–H groups in total. The highest BCUT2D eigenvalue weighted by molar-refractivity contribution is 14.1. The van der Waals surface area contributed by atoms with Crippen molar-refractivity contribution in [2.24, 2.45) is 0 Å². The fraction of sp³-hybridized carbons (Fsp3) is 0.133. The van der Waals surface area contributed by atoms with Crippen molar-refractivity contribution in [2.75, 3.05) is 0 Å². The maximum atomic E-state index is 13.9. The van der Waals surface area contributed by atoms with E-state index in [0.29, 0.717) is 3.57 Å². The SMILES string of the molecule is Cc1ccccc1-n1c(CCl)nc2cc(I)c(F)cc21. The van der Waals surface area contributed by atoms with Gasteiger partial charge in [-0.2, -0.15) is 0 Å². The summed E-state index contributed by atoms with van der Waals surface area (Å²) < 4.78 is 16.4. The van der Waals surface area contributed by atoms with Crippen molar-refractivity contribution in [1.82, 2.24) is 9.55 Å². The predicted octanol–water partition coefficient (Wildman–Crippen LogP) is 4.82. The van der Waals surface area contributed by atoms with Gasteiger partial charge in [-0.1, -0.05) is 18.2 Å². The fourth-order valence-electron chi connectivity index (χ4n) is 2.30. The number of nitrogens with zero attached hydrogens (tertiary/aromatic N) is 2. The van der Waals surface area contributed by atoms with E-state index in [4.69, 9.17) is 11.6 Å². The van der Waals surface area contributed by atoms with Gasteiger partial charge in [0.2, 0.25) is 0 Å². The van der Waals surface area contributed by atoms with E-state index in [1.807, 2.05) is 58.3 Å². The van der Waals surface area contributed by atoms with Crippen molar-refractivity contribution in [3.8, 4) is 5.69 Å². The standard InChI is InChI=1S/C15H11ClFIN2/c1-9-4-2-3-5-13(9)20-14-6-10(17)11(18)7-12(14)19-15(20)8-16/h2-7H,8H2,1H3. The molecule has 0 atom stereocenters. The van der Waals surface area contributed by atoms with Crippen molar-refractivity contribution in [3.05, 3.63) is 57.2 Å². The van der Waals surface area contributed by atoms with Gasteiger partial charge in [0, 0.05) is 6.07 Å². The summed E-state index contributed by atoms with van der Waals surface area (Å²) in [6.45, 7) is 2.02. The number of fused-ring (bicyclic) bond motifs is 1. The Bertz CT molecular complexity index is 798. The zero-order valence-electron chi connectivity index (χ0n) is 10.7. The molecule has 0 fully saturated rings. The van der Waals surface area contributed by atoms with Crippen molar-refractivity contribution < 1.29 is 4.39 Å². The van der Waals surface area contributed by atoms with Gasteiger partial charge in [0.1, 0.15) is 11.6 Å². The number of aromatic nitrogens is 2. The molecule has 0 aliphatic heterocycles. The lowest BCUT2D eigenvalue weighted by Gasteiger charge is -2.10. The van der Waals surface area contributed by atoms with Gasteiger partial charge in [-0.05, 0) is 47.2 Å². The molecule has 0 amide bonds. The second kappa shape index (κ2) is 5.33. The first kappa shape index (κ1) is 13.8. The third kappa shape index (κ3) is 2.20. The van der Waals surface area contributed by atoms with Crippen LogP contribution in [0, 0.1) is 16.3 Å². The Balaban J connectivity index is 2.39. The van der Waals surface area contributed by atoms with Crippen LogP contribution in [0.3, 0.4) is 0 Å². The molecule has 1 heterocycles. The van der Waals surface area contributed by atoms with Crippen LogP contribution >= 0.6 is 34.2 Å². The number of rotatable bonds is 2. The lowest BCUT2D eigenvalue weighted by Crippen LogP contribution is -2.01. The number of halogens is 3. The molecule has 0 bridgehead atoms. The molecular formula is C15H11ClFIN2. The van der Waals surface area contributed by atoms with Crippen LogP contribution in [0.2, 0.25) is 0 Å². The Morgan fingerprint density at radius 1 is 1.30 bits per heavy atom. The highest BCUT2D eigenvalue weighted by Crippen LogP contribution is 2.27. The molecule has 20 heavy (non-hydrogen) atoms. The molecule has 0 aliphatic rings. The van der Waals surface area contributed by atoms with Gasteiger partial charge in [0.25, 0.3) is 0 Å². The van der Waals surface area contributed by atoms with Gasteiger partial charge in [0.15, 0.2) is 0 Å². The van der Waals surface area contributed by atoms with Crippen LogP contribution < -0.4 is 0 Å². The molecule has 0 unspecified atom stereocenters. The predicted molar refractivity (Wildman–Crippen MR) is 88.0 cm³/mol. The first-order valence-corrected chi connectivity index (χ1v) is 7.71. The van der Waals surface area contributed by atoms with Crippen LogP contribution in [0.1, 0.15) is 11.4 Å². The minimum atomic E-state index is -0.242. The molecule has 2 aromatic carbocycles. The lowest BCUT2D eigenvalue weighted by atomic mass is 10.2. The average Bonchev–Trinajstić information content (AvgIpc) is 2.77. The first-order chi connectivity index (χ1) is 9.61. The molecule has 0 spiro atoms. The van der Waals surface area contributed by atoms with Gasteiger partial charge in [-0.3, -0.25) is 4.57 Å². The first-order valence-electron chi connectivity index (χ1n) is 6.10. The molecule has 3 aromatic rings. The molecule has 102 valence electrons. The summed E-state index contributed by atoms with van der Waals surface area (Å²) in [5.74, 6) is 0.757. The highest BCUT2D eigenvalue weighted by atomic mass is 127. The summed E-state index contributed by atoms with van der Waals surface area (Å²) in [7, 11) is 0. The zero-order valence-corrected chi connectivity index (χ0v) is 13.6. The van der Waals surface area contributed by atoms with E-state index in [-0.39, 0.29) is 11.7 Å². The third-order valence-electron chi connectivity index (χ3n) is 3.24. The topological polar surface area (TPSA) is 17.8 Å². The third-order valence-corrected chi connectivity index (χ3v) is 4.31. The van der Waals surface area contributed by atoms with E-state index in [1.165, 1.54) is 6.07 Å². The average molecular weight is 401 g/mol. The van der Waals surface area contributed by atoms with E-state index < -0.39 is 0 Å². The molecule has 3 rings (SSSR count). The molecule has 5 heteroatoms. The number of alkyl halides is 1. The van der Waals surface area contributed by atoms with E-state index in [1.54, 1.807) is 6.07 Å². The van der Waals surface area contributed by atoms with Crippen molar-refractivity contribution in [1.29, 1.82) is 0 Å². The van der Waals surface area contributed by atoms with E-state index in [0.717, 1.165) is 28.1 Å². The molecular weight excluding hydrogens is 390 g/mol. The number of benzene rings is 2. The number of para-hydroxylation sites is 1. The minimum Gasteiger partial charge on any atom is -0.295 e. The van der Waals surface area contributed by atoms with Crippen molar-refractivity contribution >= 4 is 45.2 Å². The largest absolute Gasteiger partial charge is 0.295 e. The van der Waals surface area contributed by atoms with Crippen LogP contribution in [0.25, 0.3) is 16.7 Å². The summed E-state index contributed by atoms with van der Waals surface area (Å²) in [4.78, 5) is 4.51. The smallest absolute Gasteiger partial charge is 0.138 e. The number of imidazole rings is 1. The normalized spacial score (nSPS) is 11.2. The Hall–Kier alpha value is -1.14. The monoisotopic (exact) mass is 400 g/mol. The summed E-state index contributed by atoms with van der Waals surface area (Å²) in [5.41, 5.74) is 3.57. The van der Waals surface area contributed by atoms with Crippen LogP contribution in [-0.4, -0.2) is 9.55 Å². The molecule has 0 aliphatic carbocycles. The Labute approximate surface area is 134 Å². The van der Waals surface area contributed by atoms with Crippen LogP contribution in [-0.2, 0) is 5.88 Å². The van der Waals surface area contributed by atoms with Gasteiger partial charge < -0.3 is 0 Å². The van der Waals surface area contributed by atoms with Crippen LogP contribution in [0.15, 0.2) is 36.4 Å². The van der Waals surface area contributed by atoms with Crippen LogP contribution in [0.4, 0.5) is 4.39 Å². The fourth-order valence-corrected chi connectivity index (χ4v) is 2.93. The summed E-state index contributed by atoms with van der Waals surface area (Å²) in [6, 6.07) is 11.2. The van der Waals surface area contributed by atoms with Crippen molar-refractivity contribution in [2.45, 2.75) is 12.8 Å². The Kier molecular flexibility index (Phi) is 3.69. The number of hydrogen-bond donors (Lipinski definition) is 0. The Morgan fingerprint density at radius 2 is 2.05 bits per heavy atom. The van der Waals surface area contributed by atoms with E-state index in [2.05, 4.69) is 4.98 Å². The lowest BCUT2D eigenvalue weighted by molar-refractivity contribution is 0.621. The number of aryl methyl sites for hydroxylation is 1. The Morgan fingerprint density at radius 3 is 2.75 bits per heavy atom. The maximum absolute atomic E-state index is 13.9. The molecule has 0 saturated carbocycles. The van der Waals surface area contributed by atoms with Gasteiger partial charge in [0.05, 0.1) is 26.2 Å². The van der Waals surface area contributed by atoms with Gasteiger partial charge >= 0.3 is 0 Å². The maximum Gasteiger partial charge on any atom is 0.138 e. The molecule has 0 saturated heterocycles. The second-order valence-electron chi connectivity index (χ2n) is 4.54.